The summed E-state index contributed by atoms with van der Waals surface area (Å²) in [4.78, 5) is 4.08. The zero-order valence-corrected chi connectivity index (χ0v) is 9.70. The SMILES string of the molecule is CC(NCC(C)(C)CO)c1cccnc1. The number of pyridine rings is 1. The van der Waals surface area contributed by atoms with Crippen molar-refractivity contribution in [3.05, 3.63) is 30.1 Å². The molecule has 84 valence electrons. The van der Waals surface area contributed by atoms with E-state index < -0.39 is 0 Å². The fraction of sp³-hybridized carbons (Fsp3) is 0.583. The summed E-state index contributed by atoms with van der Waals surface area (Å²) in [7, 11) is 0. The lowest BCUT2D eigenvalue weighted by molar-refractivity contribution is 0.154. The lowest BCUT2D eigenvalue weighted by Gasteiger charge is -2.24. The van der Waals surface area contributed by atoms with Gasteiger partial charge in [0.15, 0.2) is 0 Å². The zero-order chi connectivity index (χ0) is 11.3. The summed E-state index contributed by atoms with van der Waals surface area (Å²) in [6, 6.07) is 4.26. The van der Waals surface area contributed by atoms with Crippen LogP contribution in [0.5, 0.6) is 0 Å². The summed E-state index contributed by atoms with van der Waals surface area (Å²) in [5, 5.41) is 12.5. The minimum atomic E-state index is -0.0729. The molecule has 1 rings (SSSR count). The summed E-state index contributed by atoms with van der Waals surface area (Å²) in [6.45, 7) is 7.16. The molecule has 3 nitrogen and oxygen atoms in total. The fourth-order valence-corrected chi connectivity index (χ4v) is 1.24. The van der Waals surface area contributed by atoms with E-state index in [1.165, 1.54) is 5.56 Å². The molecule has 0 bridgehead atoms. The summed E-state index contributed by atoms with van der Waals surface area (Å²) in [5.74, 6) is 0. The van der Waals surface area contributed by atoms with Gasteiger partial charge in [0.25, 0.3) is 0 Å². The summed E-state index contributed by atoms with van der Waals surface area (Å²) >= 11 is 0. The van der Waals surface area contributed by atoms with E-state index in [1.54, 1.807) is 6.20 Å². The highest BCUT2D eigenvalue weighted by molar-refractivity contribution is 5.12. The average molecular weight is 208 g/mol. The molecule has 1 unspecified atom stereocenters. The molecular weight excluding hydrogens is 188 g/mol. The van der Waals surface area contributed by atoms with Gasteiger partial charge in [0.1, 0.15) is 0 Å². The Morgan fingerprint density at radius 3 is 2.80 bits per heavy atom. The largest absolute Gasteiger partial charge is 0.396 e. The third kappa shape index (κ3) is 3.98. The van der Waals surface area contributed by atoms with Crippen molar-refractivity contribution in [1.29, 1.82) is 0 Å². The molecule has 0 fully saturated rings. The third-order valence-corrected chi connectivity index (χ3v) is 2.50. The number of aliphatic hydroxyl groups excluding tert-OH is 1. The monoisotopic (exact) mass is 208 g/mol. The standard InChI is InChI=1S/C12H20N2O/c1-10(11-5-4-6-13-7-11)14-8-12(2,3)9-15/h4-7,10,14-15H,8-9H2,1-3H3. The van der Waals surface area contributed by atoms with Crippen LogP contribution in [0.25, 0.3) is 0 Å². The van der Waals surface area contributed by atoms with Gasteiger partial charge in [0, 0.05) is 37.0 Å². The van der Waals surface area contributed by atoms with Crippen LogP contribution in [-0.4, -0.2) is 23.2 Å². The molecule has 0 saturated carbocycles. The number of nitrogens with one attached hydrogen (secondary N) is 1. The van der Waals surface area contributed by atoms with Crippen LogP contribution in [0.1, 0.15) is 32.4 Å². The molecule has 0 aliphatic carbocycles. The molecule has 2 N–H and O–H groups in total. The molecule has 1 atom stereocenters. The van der Waals surface area contributed by atoms with Gasteiger partial charge in [-0.3, -0.25) is 4.98 Å². The molecule has 1 aromatic rings. The van der Waals surface area contributed by atoms with E-state index in [0.29, 0.717) is 0 Å². The van der Waals surface area contributed by atoms with Gasteiger partial charge in [0.2, 0.25) is 0 Å². The summed E-state index contributed by atoms with van der Waals surface area (Å²) < 4.78 is 0. The molecule has 15 heavy (non-hydrogen) atoms. The number of nitrogens with zero attached hydrogens (tertiary/aromatic N) is 1. The van der Waals surface area contributed by atoms with Gasteiger partial charge < -0.3 is 10.4 Å². The van der Waals surface area contributed by atoms with Crippen molar-refractivity contribution >= 4 is 0 Å². The lowest BCUT2D eigenvalue weighted by atomic mass is 9.94. The van der Waals surface area contributed by atoms with E-state index in [9.17, 15) is 0 Å². The third-order valence-electron chi connectivity index (χ3n) is 2.50. The average Bonchev–Trinajstić information content (AvgIpc) is 2.27. The van der Waals surface area contributed by atoms with Gasteiger partial charge in [-0.05, 0) is 18.6 Å². The number of aromatic nitrogens is 1. The van der Waals surface area contributed by atoms with Crippen molar-refractivity contribution in [3.8, 4) is 0 Å². The van der Waals surface area contributed by atoms with Gasteiger partial charge in [-0.25, -0.2) is 0 Å². The molecule has 0 aromatic carbocycles. The maximum atomic E-state index is 9.13. The molecule has 0 saturated heterocycles. The van der Waals surface area contributed by atoms with E-state index in [1.807, 2.05) is 26.1 Å². The molecule has 0 amide bonds. The second-order valence-electron chi connectivity index (χ2n) is 4.71. The summed E-state index contributed by atoms with van der Waals surface area (Å²) in [5.41, 5.74) is 1.10. The normalized spacial score (nSPS) is 13.9. The molecule has 0 radical (unpaired) electrons. The first-order valence-corrected chi connectivity index (χ1v) is 5.29. The Balaban J connectivity index is 2.47. The smallest absolute Gasteiger partial charge is 0.0494 e. The first-order valence-electron chi connectivity index (χ1n) is 5.29. The van der Waals surface area contributed by atoms with Crippen LogP contribution < -0.4 is 5.32 Å². The molecule has 0 spiro atoms. The Labute approximate surface area is 91.5 Å². The van der Waals surface area contributed by atoms with Crippen LogP contribution in [-0.2, 0) is 0 Å². The highest BCUT2D eigenvalue weighted by Gasteiger charge is 2.17. The molecule has 3 heteroatoms. The summed E-state index contributed by atoms with van der Waals surface area (Å²) in [6.07, 6.45) is 3.64. The van der Waals surface area contributed by atoms with E-state index in [2.05, 4.69) is 23.3 Å². The maximum Gasteiger partial charge on any atom is 0.0494 e. The number of rotatable bonds is 5. The van der Waals surface area contributed by atoms with Crippen molar-refractivity contribution in [2.75, 3.05) is 13.2 Å². The van der Waals surface area contributed by atoms with Crippen LogP contribution in [0.3, 0.4) is 0 Å². The molecule has 1 aromatic heterocycles. The number of hydrogen-bond acceptors (Lipinski definition) is 3. The lowest BCUT2D eigenvalue weighted by Crippen LogP contribution is -2.33. The highest BCUT2D eigenvalue weighted by atomic mass is 16.3. The van der Waals surface area contributed by atoms with Gasteiger partial charge in [-0.15, -0.1) is 0 Å². The van der Waals surface area contributed by atoms with Crippen LogP contribution in [0.15, 0.2) is 24.5 Å². The van der Waals surface area contributed by atoms with Crippen LogP contribution in [0.4, 0.5) is 0 Å². The Morgan fingerprint density at radius 2 is 2.27 bits per heavy atom. The molecule has 1 heterocycles. The van der Waals surface area contributed by atoms with Crippen molar-refractivity contribution in [2.45, 2.75) is 26.8 Å². The van der Waals surface area contributed by atoms with Crippen LogP contribution in [0, 0.1) is 5.41 Å². The Bertz CT molecular complexity index is 285. The Morgan fingerprint density at radius 1 is 1.53 bits per heavy atom. The highest BCUT2D eigenvalue weighted by Crippen LogP contribution is 2.15. The first-order chi connectivity index (χ1) is 7.05. The van der Waals surface area contributed by atoms with E-state index in [-0.39, 0.29) is 18.1 Å². The van der Waals surface area contributed by atoms with Gasteiger partial charge in [0.05, 0.1) is 0 Å². The fourth-order valence-electron chi connectivity index (χ4n) is 1.24. The second-order valence-corrected chi connectivity index (χ2v) is 4.71. The Hall–Kier alpha value is -0.930. The topological polar surface area (TPSA) is 45.1 Å². The van der Waals surface area contributed by atoms with Crippen LogP contribution >= 0.6 is 0 Å². The minimum Gasteiger partial charge on any atom is -0.396 e. The molecule has 0 aliphatic heterocycles. The number of hydrogen-bond donors (Lipinski definition) is 2. The van der Waals surface area contributed by atoms with E-state index >= 15 is 0 Å². The van der Waals surface area contributed by atoms with Crippen LogP contribution in [0.2, 0.25) is 0 Å². The van der Waals surface area contributed by atoms with Crippen molar-refractivity contribution < 1.29 is 5.11 Å². The van der Waals surface area contributed by atoms with Crippen molar-refractivity contribution in [3.63, 3.8) is 0 Å². The zero-order valence-electron chi connectivity index (χ0n) is 9.70. The van der Waals surface area contributed by atoms with E-state index in [4.69, 9.17) is 5.11 Å². The second kappa shape index (κ2) is 5.24. The predicted octanol–water partition coefficient (Wildman–Crippen LogP) is 1.75. The molecule has 0 aliphatic rings. The van der Waals surface area contributed by atoms with Gasteiger partial charge in [-0.1, -0.05) is 19.9 Å². The Kier molecular flexibility index (Phi) is 4.24. The van der Waals surface area contributed by atoms with Gasteiger partial charge >= 0.3 is 0 Å². The van der Waals surface area contributed by atoms with Crippen molar-refractivity contribution in [2.24, 2.45) is 5.41 Å². The van der Waals surface area contributed by atoms with E-state index in [0.717, 1.165) is 6.54 Å². The number of aliphatic hydroxyl groups is 1. The van der Waals surface area contributed by atoms with Gasteiger partial charge in [-0.2, -0.15) is 0 Å². The van der Waals surface area contributed by atoms with Crippen molar-refractivity contribution in [1.82, 2.24) is 10.3 Å². The first kappa shape index (κ1) is 12.1. The minimum absolute atomic E-state index is 0.0729. The maximum absolute atomic E-state index is 9.13. The molecular formula is C12H20N2O. The predicted molar refractivity (Wildman–Crippen MR) is 61.5 cm³/mol. The quantitative estimate of drug-likeness (QED) is 0.775.